The van der Waals surface area contributed by atoms with Crippen molar-refractivity contribution in [1.29, 1.82) is 0 Å². The van der Waals surface area contributed by atoms with Gasteiger partial charge in [-0.3, -0.25) is 4.79 Å². The first-order valence-electron chi connectivity index (χ1n) is 6.31. The molecule has 3 N–H and O–H groups in total. The smallest absolute Gasteiger partial charge is 0.326 e. The molecule has 0 heterocycles. The zero-order chi connectivity index (χ0) is 15.1. The molecule has 0 radical (unpaired) electrons. The number of benzene rings is 1. The largest absolute Gasteiger partial charge is 0.497 e. The lowest BCUT2D eigenvalue weighted by Crippen LogP contribution is -2.49. The molecule has 0 aromatic heterocycles. The molecule has 0 fully saturated rings. The molecular formula is C14H20N2O4. The molecule has 0 aliphatic rings. The highest BCUT2D eigenvalue weighted by molar-refractivity contribution is 5.86. The first-order valence-corrected chi connectivity index (χ1v) is 6.31. The zero-order valence-electron chi connectivity index (χ0n) is 11.8. The topological polar surface area (TPSA) is 87.7 Å². The first kappa shape index (κ1) is 16.0. The van der Waals surface area contributed by atoms with Crippen molar-refractivity contribution in [3.8, 4) is 5.75 Å². The molecule has 0 saturated carbocycles. The number of methoxy groups -OCH3 is 1. The van der Waals surface area contributed by atoms with Crippen LogP contribution in [0.2, 0.25) is 0 Å². The van der Waals surface area contributed by atoms with E-state index in [2.05, 4.69) is 10.6 Å². The summed E-state index contributed by atoms with van der Waals surface area (Å²) in [7, 11) is 3.21. The van der Waals surface area contributed by atoms with E-state index < -0.39 is 18.1 Å². The lowest BCUT2D eigenvalue weighted by Gasteiger charge is -2.17. The quantitative estimate of drug-likeness (QED) is 0.673. The minimum Gasteiger partial charge on any atom is -0.497 e. The molecule has 6 nitrogen and oxygen atoms in total. The van der Waals surface area contributed by atoms with Crippen LogP contribution in [0.4, 0.5) is 0 Å². The molecule has 6 heteroatoms. The molecule has 2 unspecified atom stereocenters. The Bertz CT molecular complexity index is 459. The van der Waals surface area contributed by atoms with Crippen molar-refractivity contribution in [1.82, 2.24) is 10.6 Å². The number of rotatable bonds is 7. The number of hydrogen-bond acceptors (Lipinski definition) is 4. The van der Waals surface area contributed by atoms with Crippen molar-refractivity contribution < 1.29 is 19.4 Å². The number of carbonyl (C=O) groups excluding carboxylic acids is 1. The number of carboxylic acid groups (broad SMARTS) is 1. The summed E-state index contributed by atoms with van der Waals surface area (Å²) in [5.41, 5.74) is 0.815. The second kappa shape index (κ2) is 7.49. The maximum absolute atomic E-state index is 11.7. The minimum absolute atomic E-state index is 0.224. The van der Waals surface area contributed by atoms with E-state index in [0.717, 1.165) is 5.56 Å². The van der Waals surface area contributed by atoms with Gasteiger partial charge in [0.15, 0.2) is 0 Å². The van der Waals surface area contributed by atoms with Crippen molar-refractivity contribution in [2.75, 3.05) is 14.2 Å². The van der Waals surface area contributed by atoms with E-state index in [9.17, 15) is 14.7 Å². The van der Waals surface area contributed by atoms with Gasteiger partial charge < -0.3 is 20.5 Å². The summed E-state index contributed by atoms with van der Waals surface area (Å²) < 4.78 is 5.04. The van der Waals surface area contributed by atoms with Crippen LogP contribution in [0.5, 0.6) is 5.75 Å². The molecule has 110 valence electrons. The third-order valence-electron chi connectivity index (χ3n) is 3.04. The average molecular weight is 280 g/mol. The lowest BCUT2D eigenvalue weighted by molar-refractivity contribution is -0.142. The summed E-state index contributed by atoms with van der Waals surface area (Å²) in [6, 6.07) is 5.68. The predicted octanol–water partition coefficient (Wildman–Crippen LogP) is 0.415. The van der Waals surface area contributed by atoms with Gasteiger partial charge in [-0.25, -0.2) is 4.79 Å². The molecule has 0 spiro atoms. The molecule has 1 rings (SSSR count). The third-order valence-corrected chi connectivity index (χ3v) is 3.04. The van der Waals surface area contributed by atoms with Gasteiger partial charge in [-0.15, -0.1) is 0 Å². The van der Waals surface area contributed by atoms with Gasteiger partial charge in [-0.2, -0.15) is 0 Å². The van der Waals surface area contributed by atoms with Crippen molar-refractivity contribution in [2.45, 2.75) is 25.4 Å². The van der Waals surface area contributed by atoms with Crippen molar-refractivity contribution in [2.24, 2.45) is 0 Å². The van der Waals surface area contributed by atoms with E-state index in [-0.39, 0.29) is 12.3 Å². The van der Waals surface area contributed by atoms with Gasteiger partial charge in [0.2, 0.25) is 5.91 Å². The van der Waals surface area contributed by atoms with Crippen LogP contribution in [0.3, 0.4) is 0 Å². The maximum Gasteiger partial charge on any atom is 0.326 e. The van der Waals surface area contributed by atoms with E-state index in [1.165, 1.54) is 0 Å². The van der Waals surface area contributed by atoms with Crippen LogP contribution in [0.1, 0.15) is 12.5 Å². The second-order valence-corrected chi connectivity index (χ2v) is 4.46. The minimum atomic E-state index is -1.06. The Morgan fingerprint density at radius 1 is 1.30 bits per heavy atom. The van der Waals surface area contributed by atoms with Crippen LogP contribution in [-0.4, -0.2) is 43.2 Å². The molecular weight excluding hydrogens is 260 g/mol. The highest BCUT2D eigenvalue weighted by atomic mass is 16.5. The summed E-state index contributed by atoms with van der Waals surface area (Å²) in [5.74, 6) is -0.695. The molecule has 0 bridgehead atoms. The van der Waals surface area contributed by atoms with E-state index in [1.54, 1.807) is 45.3 Å². The Labute approximate surface area is 118 Å². The average Bonchev–Trinajstić information content (AvgIpc) is 2.46. The number of aliphatic carboxylic acids is 1. The highest BCUT2D eigenvalue weighted by Gasteiger charge is 2.22. The fourth-order valence-electron chi connectivity index (χ4n) is 1.63. The summed E-state index contributed by atoms with van der Waals surface area (Å²) >= 11 is 0. The van der Waals surface area contributed by atoms with Gasteiger partial charge in [0.1, 0.15) is 11.8 Å². The number of likely N-dealkylation sites (N-methyl/N-ethyl adjacent to an activating group) is 1. The normalized spacial score (nSPS) is 13.3. The molecule has 2 atom stereocenters. The van der Waals surface area contributed by atoms with Crippen molar-refractivity contribution in [3.05, 3.63) is 29.8 Å². The Hall–Kier alpha value is -2.08. The molecule has 1 aromatic rings. The van der Waals surface area contributed by atoms with E-state index in [4.69, 9.17) is 4.74 Å². The van der Waals surface area contributed by atoms with Crippen LogP contribution in [0.25, 0.3) is 0 Å². The van der Waals surface area contributed by atoms with Crippen LogP contribution in [0.15, 0.2) is 24.3 Å². The van der Waals surface area contributed by atoms with E-state index in [0.29, 0.717) is 5.75 Å². The first-order chi connectivity index (χ1) is 9.47. The van der Waals surface area contributed by atoms with Crippen molar-refractivity contribution in [3.63, 3.8) is 0 Å². The van der Waals surface area contributed by atoms with Gasteiger partial charge in [-0.05, 0) is 31.7 Å². The lowest BCUT2D eigenvalue weighted by atomic mass is 10.1. The summed E-state index contributed by atoms with van der Waals surface area (Å²) in [5, 5.41) is 14.5. The highest BCUT2D eigenvalue weighted by Crippen LogP contribution is 2.12. The maximum atomic E-state index is 11.7. The standard InChI is InChI=1S/C14H20N2O4/c1-9(15-2)13(17)16-12(14(18)19)8-10-4-6-11(20-3)7-5-10/h4-7,9,12,15H,8H2,1-3H3,(H,16,17)(H,18,19). The number of ether oxygens (including phenoxy) is 1. The van der Waals surface area contributed by atoms with Gasteiger partial charge in [0, 0.05) is 6.42 Å². The molecule has 20 heavy (non-hydrogen) atoms. The molecule has 0 aliphatic heterocycles. The van der Waals surface area contributed by atoms with Crippen LogP contribution >= 0.6 is 0 Å². The van der Waals surface area contributed by atoms with Crippen molar-refractivity contribution >= 4 is 11.9 Å². The van der Waals surface area contributed by atoms with E-state index >= 15 is 0 Å². The Morgan fingerprint density at radius 3 is 2.35 bits per heavy atom. The molecule has 1 amide bonds. The van der Waals surface area contributed by atoms with Crippen LogP contribution in [-0.2, 0) is 16.0 Å². The van der Waals surface area contributed by atoms with Gasteiger partial charge in [0.05, 0.1) is 13.2 Å². The summed E-state index contributed by atoms with van der Waals surface area (Å²) in [4.78, 5) is 22.9. The Morgan fingerprint density at radius 2 is 1.90 bits per heavy atom. The van der Waals surface area contributed by atoms with Gasteiger partial charge in [-0.1, -0.05) is 12.1 Å². The van der Waals surface area contributed by atoms with Gasteiger partial charge >= 0.3 is 5.97 Å². The second-order valence-electron chi connectivity index (χ2n) is 4.46. The summed E-state index contributed by atoms with van der Waals surface area (Å²) in [6.45, 7) is 1.67. The summed E-state index contributed by atoms with van der Waals surface area (Å²) in [6.07, 6.45) is 0.224. The SMILES string of the molecule is CNC(C)C(=O)NC(Cc1ccc(OC)cc1)C(=O)O. The number of carbonyl (C=O) groups is 2. The fourth-order valence-corrected chi connectivity index (χ4v) is 1.63. The number of hydrogen-bond donors (Lipinski definition) is 3. The number of nitrogens with one attached hydrogen (secondary N) is 2. The van der Waals surface area contributed by atoms with E-state index in [1.807, 2.05) is 0 Å². The Kier molecular flexibility index (Phi) is 5.99. The van der Waals surface area contributed by atoms with Crippen LogP contribution in [0, 0.1) is 0 Å². The Balaban J connectivity index is 2.71. The number of amides is 1. The number of carboxylic acids is 1. The fraction of sp³-hybridized carbons (Fsp3) is 0.429. The molecule has 1 aromatic carbocycles. The molecule has 0 saturated heterocycles. The zero-order valence-corrected chi connectivity index (χ0v) is 11.8. The van der Waals surface area contributed by atoms with Crippen LogP contribution < -0.4 is 15.4 Å². The molecule has 0 aliphatic carbocycles. The van der Waals surface area contributed by atoms with Gasteiger partial charge in [0.25, 0.3) is 0 Å². The third kappa shape index (κ3) is 4.55. The predicted molar refractivity (Wildman–Crippen MR) is 74.8 cm³/mol. The monoisotopic (exact) mass is 280 g/mol.